The van der Waals surface area contributed by atoms with Crippen LogP contribution in [-0.4, -0.2) is 19.2 Å². The summed E-state index contributed by atoms with van der Waals surface area (Å²) >= 11 is 0. The Labute approximate surface area is 119 Å². The predicted molar refractivity (Wildman–Crippen MR) is 79.6 cm³/mol. The fourth-order valence-corrected chi connectivity index (χ4v) is 2.25. The Bertz CT molecular complexity index is 542. The highest BCUT2D eigenvalue weighted by Crippen LogP contribution is 2.24. The third-order valence-corrected chi connectivity index (χ3v) is 3.40. The van der Waals surface area contributed by atoms with Crippen molar-refractivity contribution in [1.29, 1.82) is 0 Å². The first-order valence-electron chi connectivity index (χ1n) is 7.01. The standard InChI is InChI=1S/C17H19NO2/c1-13-2-4-14(5-3-13)19-15-6-8-16(9-7-15)20-17-10-11-18-12-17/h2-9,17-18H,10-12H2,1H3. The van der Waals surface area contributed by atoms with Gasteiger partial charge in [0.1, 0.15) is 23.4 Å². The number of hydrogen-bond acceptors (Lipinski definition) is 3. The van der Waals surface area contributed by atoms with Crippen LogP contribution in [0.5, 0.6) is 17.2 Å². The second kappa shape index (κ2) is 5.97. The van der Waals surface area contributed by atoms with Gasteiger partial charge in [-0.2, -0.15) is 0 Å². The minimum atomic E-state index is 0.291. The SMILES string of the molecule is Cc1ccc(Oc2ccc(OC3CCNC3)cc2)cc1. The van der Waals surface area contributed by atoms with E-state index in [0.717, 1.165) is 36.8 Å². The molecule has 3 heteroatoms. The molecule has 1 heterocycles. The summed E-state index contributed by atoms with van der Waals surface area (Å²) in [4.78, 5) is 0. The maximum Gasteiger partial charge on any atom is 0.127 e. The van der Waals surface area contributed by atoms with Crippen molar-refractivity contribution in [3.63, 3.8) is 0 Å². The lowest BCUT2D eigenvalue weighted by Crippen LogP contribution is -2.19. The van der Waals surface area contributed by atoms with Gasteiger partial charge in [0.2, 0.25) is 0 Å². The Kier molecular flexibility index (Phi) is 3.88. The Morgan fingerprint density at radius 3 is 2.10 bits per heavy atom. The Balaban J connectivity index is 1.62. The van der Waals surface area contributed by atoms with Crippen molar-refractivity contribution in [2.45, 2.75) is 19.4 Å². The fourth-order valence-electron chi connectivity index (χ4n) is 2.25. The number of benzene rings is 2. The molecule has 1 aliphatic rings. The number of rotatable bonds is 4. The molecule has 0 aromatic heterocycles. The third-order valence-electron chi connectivity index (χ3n) is 3.40. The van der Waals surface area contributed by atoms with Gasteiger partial charge in [-0.3, -0.25) is 0 Å². The van der Waals surface area contributed by atoms with Crippen LogP contribution in [0.4, 0.5) is 0 Å². The van der Waals surface area contributed by atoms with Gasteiger partial charge in [-0.1, -0.05) is 17.7 Å². The maximum absolute atomic E-state index is 5.88. The largest absolute Gasteiger partial charge is 0.489 e. The van der Waals surface area contributed by atoms with Crippen LogP contribution in [0, 0.1) is 6.92 Å². The van der Waals surface area contributed by atoms with E-state index in [1.54, 1.807) is 0 Å². The lowest BCUT2D eigenvalue weighted by Gasteiger charge is -2.13. The summed E-state index contributed by atoms with van der Waals surface area (Å²) in [5.41, 5.74) is 1.23. The summed E-state index contributed by atoms with van der Waals surface area (Å²) in [6.45, 7) is 4.04. The van der Waals surface area contributed by atoms with Gasteiger partial charge in [-0.15, -0.1) is 0 Å². The quantitative estimate of drug-likeness (QED) is 0.921. The molecule has 1 unspecified atom stereocenters. The monoisotopic (exact) mass is 269 g/mol. The van der Waals surface area contributed by atoms with Crippen molar-refractivity contribution in [3.05, 3.63) is 54.1 Å². The van der Waals surface area contributed by atoms with Gasteiger partial charge in [0.05, 0.1) is 0 Å². The van der Waals surface area contributed by atoms with Crippen molar-refractivity contribution in [2.75, 3.05) is 13.1 Å². The first-order chi connectivity index (χ1) is 9.79. The highest BCUT2D eigenvalue weighted by molar-refractivity contribution is 5.36. The van der Waals surface area contributed by atoms with Crippen LogP contribution in [0.1, 0.15) is 12.0 Å². The molecule has 0 bridgehead atoms. The zero-order valence-corrected chi connectivity index (χ0v) is 11.6. The minimum absolute atomic E-state index is 0.291. The molecule has 0 aliphatic carbocycles. The topological polar surface area (TPSA) is 30.5 Å². The van der Waals surface area contributed by atoms with Crippen molar-refractivity contribution >= 4 is 0 Å². The van der Waals surface area contributed by atoms with E-state index in [0.29, 0.717) is 6.10 Å². The molecule has 2 aromatic carbocycles. The molecule has 1 atom stereocenters. The van der Waals surface area contributed by atoms with Gasteiger partial charge >= 0.3 is 0 Å². The summed E-state index contributed by atoms with van der Waals surface area (Å²) in [5, 5.41) is 3.29. The van der Waals surface area contributed by atoms with E-state index in [1.807, 2.05) is 48.5 Å². The second-order valence-electron chi connectivity index (χ2n) is 5.12. The Morgan fingerprint density at radius 2 is 1.50 bits per heavy atom. The van der Waals surface area contributed by atoms with Crippen molar-refractivity contribution in [2.24, 2.45) is 0 Å². The van der Waals surface area contributed by atoms with Crippen LogP contribution in [0.2, 0.25) is 0 Å². The average Bonchev–Trinajstić information content (AvgIpc) is 2.96. The first-order valence-corrected chi connectivity index (χ1v) is 7.01. The van der Waals surface area contributed by atoms with Crippen LogP contribution in [0.15, 0.2) is 48.5 Å². The summed E-state index contributed by atoms with van der Waals surface area (Å²) in [6.07, 6.45) is 1.36. The van der Waals surface area contributed by atoms with Crippen LogP contribution in [-0.2, 0) is 0 Å². The van der Waals surface area contributed by atoms with E-state index < -0.39 is 0 Å². The highest BCUT2D eigenvalue weighted by atomic mass is 16.5. The van der Waals surface area contributed by atoms with Gasteiger partial charge < -0.3 is 14.8 Å². The van der Waals surface area contributed by atoms with E-state index >= 15 is 0 Å². The van der Waals surface area contributed by atoms with Gasteiger partial charge in [-0.25, -0.2) is 0 Å². The third kappa shape index (κ3) is 3.31. The molecule has 1 saturated heterocycles. The van der Waals surface area contributed by atoms with E-state index in [1.165, 1.54) is 5.56 Å². The lowest BCUT2D eigenvalue weighted by molar-refractivity contribution is 0.223. The van der Waals surface area contributed by atoms with Crippen molar-refractivity contribution in [1.82, 2.24) is 5.32 Å². The molecular weight excluding hydrogens is 250 g/mol. The number of nitrogens with one attached hydrogen (secondary N) is 1. The van der Waals surface area contributed by atoms with Crippen LogP contribution >= 0.6 is 0 Å². The van der Waals surface area contributed by atoms with Gasteiger partial charge in [0, 0.05) is 6.54 Å². The molecule has 3 nitrogen and oxygen atoms in total. The van der Waals surface area contributed by atoms with Gasteiger partial charge in [0.25, 0.3) is 0 Å². The van der Waals surface area contributed by atoms with Gasteiger partial charge in [-0.05, 0) is 56.3 Å². The summed E-state index contributed by atoms with van der Waals surface area (Å²) in [6, 6.07) is 15.8. The number of aryl methyl sites for hydroxylation is 1. The molecule has 20 heavy (non-hydrogen) atoms. The lowest BCUT2D eigenvalue weighted by atomic mass is 10.2. The molecule has 2 aromatic rings. The van der Waals surface area contributed by atoms with E-state index in [9.17, 15) is 0 Å². The number of hydrogen-bond donors (Lipinski definition) is 1. The molecule has 1 aliphatic heterocycles. The molecule has 3 rings (SSSR count). The predicted octanol–water partition coefficient (Wildman–Crippen LogP) is 3.53. The van der Waals surface area contributed by atoms with Crippen molar-refractivity contribution < 1.29 is 9.47 Å². The van der Waals surface area contributed by atoms with Crippen LogP contribution < -0.4 is 14.8 Å². The number of ether oxygens (including phenoxy) is 2. The molecule has 0 radical (unpaired) electrons. The molecule has 1 fully saturated rings. The Morgan fingerprint density at radius 1 is 0.900 bits per heavy atom. The summed E-state index contributed by atoms with van der Waals surface area (Å²) < 4.78 is 11.7. The van der Waals surface area contributed by atoms with E-state index in [4.69, 9.17) is 9.47 Å². The van der Waals surface area contributed by atoms with Crippen LogP contribution in [0.25, 0.3) is 0 Å². The zero-order valence-electron chi connectivity index (χ0n) is 11.6. The van der Waals surface area contributed by atoms with Gasteiger partial charge in [0.15, 0.2) is 0 Å². The molecule has 0 spiro atoms. The second-order valence-corrected chi connectivity index (χ2v) is 5.12. The van der Waals surface area contributed by atoms with E-state index in [2.05, 4.69) is 12.2 Å². The maximum atomic E-state index is 5.88. The minimum Gasteiger partial charge on any atom is -0.489 e. The fraction of sp³-hybridized carbons (Fsp3) is 0.294. The Hall–Kier alpha value is -2.00. The molecule has 0 amide bonds. The summed E-state index contributed by atoms with van der Waals surface area (Å²) in [7, 11) is 0. The smallest absolute Gasteiger partial charge is 0.127 e. The van der Waals surface area contributed by atoms with E-state index in [-0.39, 0.29) is 0 Å². The zero-order chi connectivity index (χ0) is 13.8. The molecular formula is C17H19NO2. The first kappa shape index (κ1) is 13.0. The molecule has 0 saturated carbocycles. The summed E-state index contributed by atoms with van der Waals surface area (Å²) in [5.74, 6) is 2.57. The average molecular weight is 269 g/mol. The molecule has 104 valence electrons. The highest BCUT2D eigenvalue weighted by Gasteiger charge is 2.15. The van der Waals surface area contributed by atoms with Crippen molar-refractivity contribution in [3.8, 4) is 17.2 Å². The normalized spacial score (nSPS) is 17.9. The van der Waals surface area contributed by atoms with Crippen LogP contribution in [0.3, 0.4) is 0 Å². The molecule has 1 N–H and O–H groups in total.